The number of ketones is 1. The summed E-state index contributed by atoms with van der Waals surface area (Å²) in [4.78, 5) is 30.3. The van der Waals surface area contributed by atoms with Gasteiger partial charge in [-0.05, 0) is 26.8 Å². The number of aromatic nitrogens is 2. The molecule has 0 saturated carbocycles. The maximum Gasteiger partial charge on any atom is 0.414 e. The van der Waals surface area contributed by atoms with E-state index >= 15 is 0 Å². The first kappa shape index (κ1) is 13.8. The second-order valence-electron chi connectivity index (χ2n) is 4.49. The third kappa shape index (κ3) is 4.32. The topological polar surface area (TPSA) is 81.2 Å². The molecule has 0 spiro atoms. The highest BCUT2D eigenvalue weighted by Gasteiger charge is 2.16. The van der Waals surface area contributed by atoms with Crippen LogP contribution in [0, 0.1) is 0 Å². The molecule has 0 fully saturated rings. The Morgan fingerprint density at radius 2 is 1.89 bits per heavy atom. The van der Waals surface area contributed by atoms with Crippen LogP contribution in [0.25, 0.3) is 0 Å². The average molecular weight is 249 g/mol. The maximum atomic E-state index is 11.4. The van der Waals surface area contributed by atoms with E-state index < -0.39 is 11.7 Å². The molecule has 18 heavy (non-hydrogen) atoms. The second kappa shape index (κ2) is 5.39. The molecule has 6 heteroatoms. The van der Waals surface area contributed by atoms with Crippen molar-refractivity contribution in [2.45, 2.75) is 26.4 Å². The molecule has 0 bridgehead atoms. The van der Waals surface area contributed by atoms with Crippen LogP contribution in [-0.2, 0) is 4.74 Å². The smallest absolute Gasteiger partial charge is 0.414 e. The molecule has 0 atom stereocenters. The van der Waals surface area contributed by atoms with Gasteiger partial charge in [-0.1, -0.05) is 6.58 Å². The average Bonchev–Trinajstić information content (AvgIpc) is 2.26. The van der Waals surface area contributed by atoms with Crippen molar-refractivity contribution in [2.24, 2.45) is 0 Å². The molecule has 0 aliphatic rings. The predicted octanol–water partition coefficient (Wildman–Crippen LogP) is 2.19. The molecule has 6 nitrogen and oxygen atoms in total. The van der Waals surface area contributed by atoms with Crippen molar-refractivity contribution in [2.75, 3.05) is 5.32 Å². The number of carbonyl (C=O) groups excluding carboxylic acids is 2. The molecule has 1 heterocycles. The summed E-state index contributed by atoms with van der Waals surface area (Å²) in [6.07, 6.45) is 3.14. The van der Waals surface area contributed by atoms with Gasteiger partial charge in [-0.15, -0.1) is 0 Å². The highest BCUT2D eigenvalue weighted by Crippen LogP contribution is 2.09. The van der Waals surface area contributed by atoms with Crippen LogP contribution in [0.3, 0.4) is 0 Å². The molecule has 1 N–H and O–H groups in total. The third-order valence-electron chi connectivity index (χ3n) is 1.73. The molecule has 1 aromatic heterocycles. The number of nitrogens with one attached hydrogen (secondary N) is 1. The van der Waals surface area contributed by atoms with Gasteiger partial charge in [-0.3, -0.25) is 10.1 Å². The van der Waals surface area contributed by atoms with Gasteiger partial charge in [0.25, 0.3) is 0 Å². The maximum absolute atomic E-state index is 11.4. The van der Waals surface area contributed by atoms with E-state index in [2.05, 4.69) is 21.9 Å². The number of ether oxygens (including phenoxy) is 1. The fourth-order valence-electron chi connectivity index (χ4n) is 1.03. The van der Waals surface area contributed by atoms with Crippen molar-refractivity contribution in [1.29, 1.82) is 0 Å². The normalized spacial score (nSPS) is 10.6. The van der Waals surface area contributed by atoms with E-state index in [1.54, 1.807) is 20.8 Å². The van der Waals surface area contributed by atoms with E-state index in [0.717, 1.165) is 0 Å². The Hall–Kier alpha value is -2.24. The van der Waals surface area contributed by atoms with Gasteiger partial charge in [0.05, 0.1) is 5.56 Å². The molecule has 1 amide bonds. The van der Waals surface area contributed by atoms with Gasteiger partial charge < -0.3 is 4.74 Å². The minimum absolute atomic E-state index is 0.0739. The van der Waals surface area contributed by atoms with Crippen molar-refractivity contribution in [1.82, 2.24) is 9.97 Å². The molecule has 96 valence electrons. The Morgan fingerprint density at radius 3 is 2.33 bits per heavy atom. The quantitative estimate of drug-likeness (QED) is 0.656. The van der Waals surface area contributed by atoms with E-state index in [9.17, 15) is 9.59 Å². The summed E-state index contributed by atoms with van der Waals surface area (Å²) in [5.74, 6) is -0.205. The highest BCUT2D eigenvalue weighted by molar-refractivity contribution is 6.03. The first-order valence-electron chi connectivity index (χ1n) is 5.30. The van der Waals surface area contributed by atoms with Crippen LogP contribution in [0.15, 0.2) is 25.0 Å². The van der Waals surface area contributed by atoms with Gasteiger partial charge in [-0.2, -0.15) is 0 Å². The van der Waals surface area contributed by atoms with Gasteiger partial charge >= 0.3 is 6.09 Å². The van der Waals surface area contributed by atoms with Gasteiger partial charge in [0.2, 0.25) is 5.95 Å². The molecular formula is C12H15N3O3. The highest BCUT2D eigenvalue weighted by atomic mass is 16.6. The summed E-state index contributed by atoms with van der Waals surface area (Å²) >= 11 is 0. The van der Waals surface area contributed by atoms with E-state index in [4.69, 9.17) is 4.74 Å². The second-order valence-corrected chi connectivity index (χ2v) is 4.49. The van der Waals surface area contributed by atoms with Crippen LogP contribution in [-0.4, -0.2) is 27.4 Å². The van der Waals surface area contributed by atoms with Crippen LogP contribution < -0.4 is 5.32 Å². The van der Waals surface area contributed by atoms with Crippen molar-refractivity contribution >= 4 is 17.8 Å². The van der Waals surface area contributed by atoms with Crippen LogP contribution in [0.5, 0.6) is 0 Å². The molecule has 0 aliphatic carbocycles. The van der Waals surface area contributed by atoms with Crippen LogP contribution in [0.2, 0.25) is 0 Å². The van der Waals surface area contributed by atoms with Gasteiger partial charge in [0.15, 0.2) is 5.78 Å². The van der Waals surface area contributed by atoms with Crippen molar-refractivity contribution in [3.05, 3.63) is 30.6 Å². The van der Waals surface area contributed by atoms with Gasteiger partial charge in [-0.25, -0.2) is 14.8 Å². The van der Waals surface area contributed by atoms with E-state index in [-0.39, 0.29) is 11.7 Å². The van der Waals surface area contributed by atoms with E-state index in [0.29, 0.717) is 5.56 Å². The number of carbonyl (C=O) groups is 2. The Morgan fingerprint density at radius 1 is 1.33 bits per heavy atom. The standard InChI is InChI=1S/C12H15N3O3/c1-5-9(16)8-6-13-10(14-7-8)15-11(17)18-12(2,3)4/h5-7H,1H2,2-4H3,(H,13,14,15,17). The minimum Gasteiger partial charge on any atom is -0.444 e. The number of anilines is 1. The molecule has 1 aromatic rings. The SMILES string of the molecule is C=CC(=O)c1cnc(NC(=O)OC(C)(C)C)nc1. The first-order valence-corrected chi connectivity index (χ1v) is 5.30. The number of hydrogen-bond donors (Lipinski definition) is 1. The van der Waals surface area contributed by atoms with Crippen molar-refractivity contribution in [3.63, 3.8) is 0 Å². The van der Waals surface area contributed by atoms with Crippen LogP contribution in [0.1, 0.15) is 31.1 Å². The monoisotopic (exact) mass is 249 g/mol. The number of amides is 1. The Kier molecular flexibility index (Phi) is 4.14. The lowest BCUT2D eigenvalue weighted by molar-refractivity contribution is 0.0634. The van der Waals surface area contributed by atoms with Crippen LogP contribution >= 0.6 is 0 Å². The predicted molar refractivity (Wildman–Crippen MR) is 66.4 cm³/mol. The van der Waals surface area contributed by atoms with E-state index in [1.165, 1.54) is 18.5 Å². The molecular weight excluding hydrogens is 234 g/mol. The lowest BCUT2D eigenvalue weighted by Crippen LogP contribution is -2.27. The summed E-state index contributed by atoms with van der Waals surface area (Å²) in [5.41, 5.74) is -0.289. The number of hydrogen-bond acceptors (Lipinski definition) is 5. The summed E-state index contributed by atoms with van der Waals surface area (Å²) in [6.45, 7) is 8.60. The summed E-state index contributed by atoms with van der Waals surface area (Å²) in [6, 6.07) is 0. The van der Waals surface area contributed by atoms with Gasteiger partial charge in [0.1, 0.15) is 5.60 Å². The zero-order chi connectivity index (χ0) is 13.8. The number of nitrogens with zero attached hydrogens (tertiary/aromatic N) is 2. The molecule has 0 radical (unpaired) electrons. The minimum atomic E-state index is -0.648. The first-order chi connectivity index (χ1) is 8.31. The van der Waals surface area contributed by atoms with Crippen molar-refractivity contribution < 1.29 is 14.3 Å². The number of rotatable bonds is 3. The van der Waals surface area contributed by atoms with Crippen LogP contribution in [0.4, 0.5) is 10.7 Å². The largest absolute Gasteiger partial charge is 0.444 e. The fraction of sp³-hybridized carbons (Fsp3) is 0.333. The zero-order valence-corrected chi connectivity index (χ0v) is 10.6. The molecule has 1 rings (SSSR count). The molecule has 0 unspecified atom stereocenters. The fourth-order valence-corrected chi connectivity index (χ4v) is 1.03. The molecule has 0 aliphatic heterocycles. The summed E-state index contributed by atoms with van der Waals surface area (Å²) < 4.78 is 5.03. The number of allylic oxidation sites excluding steroid dienone is 1. The lowest BCUT2D eigenvalue weighted by atomic mass is 10.2. The summed E-state index contributed by atoms with van der Waals surface area (Å²) in [7, 11) is 0. The Labute approximate surface area is 105 Å². The lowest BCUT2D eigenvalue weighted by Gasteiger charge is -2.19. The van der Waals surface area contributed by atoms with E-state index in [1.807, 2.05) is 0 Å². The van der Waals surface area contributed by atoms with Crippen molar-refractivity contribution in [3.8, 4) is 0 Å². The van der Waals surface area contributed by atoms with Gasteiger partial charge in [0, 0.05) is 12.4 Å². The Balaban J connectivity index is 2.67. The molecule has 0 aromatic carbocycles. The zero-order valence-electron chi connectivity index (χ0n) is 10.6. The Bertz CT molecular complexity index is 460. The third-order valence-corrected chi connectivity index (χ3v) is 1.73. The summed E-state index contributed by atoms with van der Waals surface area (Å²) in [5, 5.41) is 2.36. The molecule has 0 saturated heterocycles.